The number of nitrogens with one attached hydrogen (secondary N) is 2. The lowest BCUT2D eigenvalue weighted by Gasteiger charge is -2.29. The van der Waals surface area contributed by atoms with Crippen LogP contribution in [0.3, 0.4) is 0 Å². The zero-order valence-electron chi connectivity index (χ0n) is 14.4. The third-order valence-corrected chi connectivity index (χ3v) is 5.36. The summed E-state index contributed by atoms with van der Waals surface area (Å²) in [6.07, 6.45) is 3.47. The highest BCUT2D eigenvalue weighted by atomic mass is 35.5. The van der Waals surface area contributed by atoms with Crippen LogP contribution in [-0.2, 0) is 0 Å². The maximum absolute atomic E-state index is 14.4. The van der Waals surface area contributed by atoms with Crippen molar-refractivity contribution in [3.05, 3.63) is 34.6 Å². The third-order valence-electron chi connectivity index (χ3n) is 5.03. The molecule has 1 heterocycles. The molecule has 6 heteroatoms. The first-order valence-electron chi connectivity index (χ1n) is 8.75. The lowest BCUT2D eigenvalue weighted by Crippen LogP contribution is -2.44. The summed E-state index contributed by atoms with van der Waals surface area (Å²) in [5, 5.41) is 7.27. The monoisotopic (exact) mass is 352 g/mol. The van der Waals surface area contributed by atoms with Gasteiger partial charge in [0, 0.05) is 30.2 Å². The quantitative estimate of drug-likeness (QED) is 0.631. The largest absolute Gasteiger partial charge is 0.354 e. The predicted molar refractivity (Wildman–Crippen MR) is 97.0 cm³/mol. The number of likely N-dealkylation sites (tertiary alicyclic amines) is 1. The van der Waals surface area contributed by atoms with Crippen LogP contribution in [0.5, 0.6) is 0 Å². The molecule has 1 aliphatic heterocycles. The minimum atomic E-state index is -0.236. The SMILES string of the molecule is CN=C(NCC(c1c(F)cccc1Cl)N1CCCC1)NC1CC1C. The Hall–Kier alpha value is -1.33. The fourth-order valence-corrected chi connectivity index (χ4v) is 3.67. The van der Waals surface area contributed by atoms with Crippen LogP contribution in [0, 0.1) is 11.7 Å². The van der Waals surface area contributed by atoms with Crippen molar-refractivity contribution in [3.63, 3.8) is 0 Å². The molecule has 3 atom stereocenters. The Morgan fingerprint density at radius 1 is 1.42 bits per heavy atom. The molecule has 24 heavy (non-hydrogen) atoms. The van der Waals surface area contributed by atoms with Gasteiger partial charge in [0.2, 0.25) is 0 Å². The van der Waals surface area contributed by atoms with Gasteiger partial charge in [0.15, 0.2) is 5.96 Å². The Labute approximate surface area is 148 Å². The van der Waals surface area contributed by atoms with Gasteiger partial charge in [-0.25, -0.2) is 4.39 Å². The molecule has 1 saturated heterocycles. The minimum Gasteiger partial charge on any atom is -0.354 e. The molecule has 0 radical (unpaired) electrons. The van der Waals surface area contributed by atoms with Gasteiger partial charge in [-0.05, 0) is 50.4 Å². The Morgan fingerprint density at radius 2 is 2.12 bits per heavy atom. The van der Waals surface area contributed by atoms with Crippen LogP contribution in [0.2, 0.25) is 5.02 Å². The Balaban J connectivity index is 1.73. The van der Waals surface area contributed by atoms with Gasteiger partial charge in [0.1, 0.15) is 5.82 Å². The van der Waals surface area contributed by atoms with E-state index in [4.69, 9.17) is 11.6 Å². The summed E-state index contributed by atoms with van der Waals surface area (Å²) >= 11 is 6.33. The lowest BCUT2D eigenvalue weighted by atomic mass is 10.0. The van der Waals surface area contributed by atoms with Gasteiger partial charge >= 0.3 is 0 Å². The fraction of sp³-hybridized carbons (Fsp3) is 0.611. The van der Waals surface area contributed by atoms with Crippen LogP contribution < -0.4 is 10.6 Å². The molecule has 0 spiro atoms. The number of halogens is 2. The Kier molecular flexibility index (Phi) is 5.61. The molecule has 132 valence electrons. The third kappa shape index (κ3) is 4.01. The Bertz CT molecular complexity index is 580. The summed E-state index contributed by atoms with van der Waals surface area (Å²) in [5.74, 6) is 1.24. The van der Waals surface area contributed by atoms with Crippen molar-refractivity contribution in [3.8, 4) is 0 Å². The molecule has 1 saturated carbocycles. The molecule has 2 aliphatic rings. The van der Waals surface area contributed by atoms with E-state index >= 15 is 0 Å². The highest BCUT2D eigenvalue weighted by molar-refractivity contribution is 6.31. The van der Waals surface area contributed by atoms with Crippen LogP contribution in [0.25, 0.3) is 0 Å². The Morgan fingerprint density at radius 3 is 2.71 bits per heavy atom. The first-order chi connectivity index (χ1) is 11.6. The standard InChI is InChI=1S/C18H26ClFN4/c1-12-10-15(12)23-18(21-2)22-11-16(24-8-3-4-9-24)17-13(19)6-5-7-14(17)20/h5-7,12,15-16H,3-4,8-11H2,1-2H3,(H2,21,22,23). The van der Waals surface area contributed by atoms with Gasteiger partial charge in [-0.2, -0.15) is 0 Å². The number of hydrogen-bond acceptors (Lipinski definition) is 2. The summed E-state index contributed by atoms with van der Waals surface area (Å²) in [7, 11) is 1.77. The number of rotatable bonds is 5. The topological polar surface area (TPSA) is 39.7 Å². The number of benzene rings is 1. The number of guanidine groups is 1. The summed E-state index contributed by atoms with van der Waals surface area (Å²) in [5.41, 5.74) is 0.587. The second kappa shape index (κ2) is 7.70. The van der Waals surface area contributed by atoms with Gasteiger partial charge in [0.25, 0.3) is 0 Å². The number of aliphatic imine (C=N–C) groups is 1. The first kappa shape index (κ1) is 17.5. The van der Waals surface area contributed by atoms with Crippen molar-refractivity contribution >= 4 is 17.6 Å². The molecule has 1 aromatic carbocycles. The molecule has 1 aliphatic carbocycles. The molecule has 0 bridgehead atoms. The smallest absolute Gasteiger partial charge is 0.191 e. The second-order valence-corrected chi connectivity index (χ2v) is 7.22. The molecule has 2 N–H and O–H groups in total. The van der Waals surface area contributed by atoms with E-state index in [9.17, 15) is 4.39 Å². The summed E-state index contributed by atoms with van der Waals surface area (Å²) in [4.78, 5) is 6.60. The molecule has 3 unspecified atom stereocenters. The molecule has 0 aromatic heterocycles. The average molecular weight is 353 g/mol. The van der Waals surface area contributed by atoms with E-state index in [1.165, 1.54) is 12.5 Å². The van der Waals surface area contributed by atoms with Crippen molar-refractivity contribution < 1.29 is 4.39 Å². The van der Waals surface area contributed by atoms with E-state index in [1.54, 1.807) is 19.2 Å². The predicted octanol–water partition coefficient (Wildman–Crippen LogP) is 3.19. The van der Waals surface area contributed by atoms with Crippen molar-refractivity contribution in [2.45, 2.75) is 38.3 Å². The normalized spacial score (nSPS) is 25.6. The summed E-state index contributed by atoms with van der Waals surface area (Å²) in [6.45, 7) is 4.75. The highest BCUT2D eigenvalue weighted by Gasteiger charge is 2.33. The van der Waals surface area contributed by atoms with E-state index in [1.807, 2.05) is 0 Å². The number of hydrogen-bond donors (Lipinski definition) is 2. The molecular weight excluding hydrogens is 327 g/mol. The van der Waals surface area contributed by atoms with Crippen molar-refractivity contribution in [2.24, 2.45) is 10.9 Å². The van der Waals surface area contributed by atoms with Crippen LogP contribution in [0.4, 0.5) is 4.39 Å². The van der Waals surface area contributed by atoms with Crippen molar-refractivity contribution in [1.29, 1.82) is 0 Å². The van der Waals surface area contributed by atoms with E-state index in [0.29, 0.717) is 29.1 Å². The van der Waals surface area contributed by atoms with Crippen molar-refractivity contribution in [1.82, 2.24) is 15.5 Å². The lowest BCUT2D eigenvalue weighted by molar-refractivity contribution is 0.240. The molecule has 3 rings (SSSR count). The van der Waals surface area contributed by atoms with Gasteiger partial charge in [0.05, 0.1) is 6.04 Å². The zero-order chi connectivity index (χ0) is 17.1. The maximum Gasteiger partial charge on any atom is 0.191 e. The van der Waals surface area contributed by atoms with E-state index in [2.05, 4.69) is 27.4 Å². The van der Waals surface area contributed by atoms with Crippen LogP contribution in [0.1, 0.15) is 37.8 Å². The fourth-order valence-electron chi connectivity index (χ4n) is 3.38. The maximum atomic E-state index is 14.4. The van der Waals surface area contributed by atoms with Crippen LogP contribution >= 0.6 is 11.6 Å². The second-order valence-electron chi connectivity index (χ2n) is 6.81. The van der Waals surface area contributed by atoms with Crippen LogP contribution in [-0.4, -0.2) is 43.6 Å². The van der Waals surface area contributed by atoms with Gasteiger partial charge in [-0.15, -0.1) is 0 Å². The van der Waals surface area contributed by atoms with E-state index in [-0.39, 0.29) is 11.9 Å². The van der Waals surface area contributed by atoms with E-state index < -0.39 is 0 Å². The molecule has 1 aromatic rings. The number of nitrogens with zero attached hydrogens (tertiary/aromatic N) is 2. The van der Waals surface area contributed by atoms with Gasteiger partial charge in [-0.3, -0.25) is 9.89 Å². The molecule has 4 nitrogen and oxygen atoms in total. The molecule has 2 fully saturated rings. The zero-order valence-corrected chi connectivity index (χ0v) is 15.1. The highest BCUT2D eigenvalue weighted by Crippen LogP contribution is 2.32. The minimum absolute atomic E-state index is 0.0867. The summed E-state index contributed by atoms with van der Waals surface area (Å²) in [6, 6.07) is 5.32. The van der Waals surface area contributed by atoms with E-state index in [0.717, 1.165) is 31.9 Å². The van der Waals surface area contributed by atoms with Crippen LogP contribution in [0.15, 0.2) is 23.2 Å². The average Bonchev–Trinajstić information content (AvgIpc) is 3.02. The molecular formula is C18H26ClFN4. The van der Waals surface area contributed by atoms with Crippen molar-refractivity contribution in [2.75, 3.05) is 26.7 Å². The summed E-state index contributed by atoms with van der Waals surface area (Å²) < 4.78 is 14.4. The molecule has 0 amide bonds. The first-order valence-corrected chi connectivity index (χ1v) is 9.13. The van der Waals surface area contributed by atoms with Gasteiger partial charge in [-0.1, -0.05) is 24.6 Å². The van der Waals surface area contributed by atoms with Gasteiger partial charge < -0.3 is 10.6 Å².